The molecule has 1 heterocycles. The van der Waals surface area contributed by atoms with Crippen LogP contribution >= 0.6 is 0 Å². The van der Waals surface area contributed by atoms with Crippen molar-refractivity contribution in [1.82, 2.24) is 5.32 Å². The van der Waals surface area contributed by atoms with Crippen LogP contribution in [0.2, 0.25) is 0 Å². The molecule has 116 valence electrons. The van der Waals surface area contributed by atoms with Crippen LogP contribution in [0, 0.1) is 5.92 Å². The Morgan fingerprint density at radius 1 is 1.33 bits per heavy atom. The smallest absolute Gasteiger partial charge is 0.122 e. The summed E-state index contributed by atoms with van der Waals surface area (Å²) in [5.41, 5.74) is 2.89. The molecule has 2 aliphatic rings. The summed E-state index contributed by atoms with van der Waals surface area (Å²) in [7, 11) is 0. The van der Waals surface area contributed by atoms with E-state index in [4.69, 9.17) is 4.74 Å². The van der Waals surface area contributed by atoms with Crippen molar-refractivity contribution in [3.8, 4) is 5.75 Å². The lowest BCUT2D eigenvalue weighted by Crippen LogP contribution is -2.33. The van der Waals surface area contributed by atoms with E-state index in [-0.39, 0.29) is 0 Å². The second kappa shape index (κ2) is 7.31. The fraction of sp³-hybridized carbons (Fsp3) is 0.684. The highest BCUT2D eigenvalue weighted by Gasteiger charge is 2.21. The van der Waals surface area contributed by atoms with Gasteiger partial charge in [0, 0.05) is 12.5 Å². The third kappa shape index (κ3) is 4.00. The number of rotatable bonds is 8. The van der Waals surface area contributed by atoms with Crippen LogP contribution in [-0.2, 0) is 12.8 Å². The third-order valence-electron chi connectivity index (χ3n) is 5.06. The topological polar surface area (TPSA) is 21.3 Å². The zero-order chi connectivity index (χ0) is 14.5. The maximum atomic E-state index is 5.59. The first-order valence-corrected chi connectivity index (χ1v) is 8.83. The Bertz CT molecular complexity index is 453. The van der Waals surface area contributed by atoms with Crippen LogP contribution in [0.25, 0.3) is 0 Å². The zero-order valence-corrected chi connectivity index (χ0v) is 13.4. The number of ether oxygens (including phenoxy) is 1. The van der Waals surface area contributed by atoms with Gasteiger partial charge in [0.05, 0.1) is 6.61 Å². The van der Waals surface area contributed by atoms with E-state index in [0.717, 1.165) is 31.2 Å². The summed E-state index contributed by atoms with van der Waals surface area (Å²) >= 11 is 0. The van der Waals surface area contributed by atoms with Crippen LogP contribution in [0.1, 0.15) is 56.6 Å². The average Bonchev–Trinajstić information content (AvgIpc) is 2.92. The van der Waals surface area contributed by atoms with Crippen LogP contribution in [-0.4, -0.2) is 19.2 Å². The van der Waals surface area contributed by atoms with E-state index in [1.807, 2.05) is 0 Å². The van der Waals surface area contributed by atoms with Crippen LogP contribution in [0.4, 0.5) is 0 Å². The van der Waals surface area contributed by atoms with Gasteiger partial charge < -0.3 is 10.1 Å². The molecular formula is C19H29NO. The van der Waals surface area contributed by atoms with Gasteiger partial charge in [0.25, 0.3) is 0 Å². The monoisotopic (exact) mass is 287 g/mol. The van der Waals surface area contributed by atoms with Gasteiger partial charge in [0.2, 0.25) is 0 Å². The van der Waals surface area contributed by atoms with Crippen molar-refractivity contribution in [2.75, 3.05) is 13.2 Å². The molecule has 1 saturated carbocycles. The largest absolute Gasteiger partial charge is 0.493 e. The molecule has 0 radical (unpaired) electrons. The Labute approximate surface area is 129 Å². The molecule has 1 unspecified atom stereocenters. The lowest BCUT2D eigenvalue weighted by molar-refractivity contribution is 0.254. The highest BCUT2D eigenvalue weighted by molar-refractivity contribution is 5.39. The molecule has 1 N–H and O–H groups in total. The summed E-state index contributed by atoms with van der Waals surface area (Å²) in [6.07, 6.45) is 10.5. The summed E-state index contributed by atoms with van der Waals surface area (Å²) in [6.45, 7) is 4.28. The van der Waals surface area contributed by atoms with Crippen molar-refractivity contribution in [3.05, 3.63) is 29.3 Å². The van der Waals surface area contributed by atoms with Gasteiger partial charge in [-0.1, -0.05) is 38.3 Å². The van der Waals surface area contributed by atoms with Crippen LogP contribution in [0.5, 0.6) is 5.75 Å². The second-order valence-electron chi connectivity index (χ2n) is 6.76. The Morgan fingerprint density at radius 3 is 3.00 bits per heavy atom. The number of benzene rings is 1. The van der Waals surface area contributed by atoms with Crippen molar-refractivity contribution in [2.24, 2.45) is 5.92 Å². The fourth-order valence-electron chi connectivity index (χ4n) is 3.52. The molecule has 21 heavy (non-hydrogen) atoms. The average molecular weight is 287 g/mol. The first-order valence-electron chi connectivity index (χ1n) is 8.83. The molecule has 1 aliphatic heterocycles. The molecular weight excluding hydrogens is 258 g/mol. The third-order valence-corrected chi connectivity index (χ3v) is 5.06. The van der Waals surface area contributed by atoms with Gasteiger partial charge in [0.15, 0.2) is 0 Å². The van der Waals surface area contributed by atoms with Gasteiger partial charge in [-0.3, -0.25) is 0 Å². The Morgan fingerprint density at radius 2 is 2.24 bits per heavy atom. The SMILES string of the molecule is CCCNC(CCc1ccc2c(c1)CCO2)CC1CCC1. The number of hydrogen-bond donors (Lipinski definition) is 1. The zero-order valence-electron chi connectivity index (χ0n) is 13.4. The minimum absolute atomic E-state index is 0.708. The minimum Gasteiger partial charge on any atom is -0.493 e. The minimum atomic E-state index is 0.708. The summed E-state index contributed by atoms with van der Waals surface area (Å²) in [6, 6.07) is 7.49. The van der Waals surface area contributed by atoms with Crippen molar-refractivity contribution in [1.29, 1.82) is 0 Å². The fourth-order valence-corrected chi connectivity index (χ4v) is 3.52. The summed E-state index contributed by atoms with van der Waals surface area (Å²) < 4.78 is 5.59. The standard InChI is InChI=1S/C19H29NO/c1-2-11-20-18(14-15-4-3-5-15)8-6-16-7-9-19-17(13-16)10-12-21-19/h7,9,13,15,18,20H,2-6,8,10-12,14H2,1H3. The molecule has 2 nitrogen and oxygen atoms in total. The Balaban J connectivity index is 1.52. The van der Waals surface area contributed by atoms with E-state index < -0.39 is 0 Å². The number of hydrogen-bond acceptors (Lipinski definition) is 2. The quantitative estimate of drug-likeness (QED) is 0.777. The predicted octanol–water partition coefficient (Wildman–Crippen LogP) is 4.11. The van der Waals surface area contributed by atoms with Crippen molar-refractivity contribution in [3.63, 3.8) is 0 Å². The molecule has 0 spiro atoms. The van der Waals surface area contributed by atoms with Crippen LogP contribution in [0.3, 0.4) is 0 Å². The van der Waals surface area contributed by atoms with Crippen molar-refractivity contribution >= 4 is 0 Å². The van der Waals surface area contributed by atoms with E-state index >= 15 is 0 Å². The number of nitrogens with one attached hydrogen (secondary N) is 1. The normalized spacial score (nSPS) is 18.9. The molecule has 1 fully saturated rings. The van der Waals surface area contributed by atoms with Gasteiger partial charge in [-0.15, -0.1) is 0 Å². The van der Waals surface area contributed by atoms with E-state index in [1.54, 1.807) is 0 Å². The maximum Gasteiger partial charge on any atom is 0.122 e. The summed E-state index contributed by atoms with van der Waals surface area (Å²) in [5, 5.41) is 3.77. The van der Waals surface area contributed by atoms with Gasteiger partial charge in [-0.05, 0) is 55.3 Å². The van der Waals surface area contributed by atoms with E-state index in [2.05, 4.69) is 30.4 Å². The molecule has 3 rings (SSSR count). The maximum absolute atomic E-state index is 5.59. The molecule has 1 aromatic rings. The molecule has 0 saturated heterocycles. The predicted molar refractivity (Wildman–Crippen MR) is 88.0 cm³/mol. The van der Waals surface area contributed by atoms with E-state index in [0.29, 0.717) is 6.04 Å². The molecule has 0 bridgehead atoms. The van der Waals surface area contributed by atoms with Gasteiger partial charge in [0.1, 0.15) is 5.75 Å². The van der Waals surface area contributed by atoms with Gasteiger partial charge >= 0.3 is 0 Å². The van der Waals surface area contributed by atoms with E-state index in [1.165, 1.54) is 56.1 Å². The molecule has 0 amide bonds. The Kier molecular flexibility index (Phi) is 5.18. The highest BCUT2D eigenvalue weighted by Crippen LogP contribution is 2.31. The van der Waals surface area contributed by atoms with E-state index in [9.17, 15) is 0 Å². The molecule has 1 aliphatic carbocycles. The van der Waals surface area contributed by atoms with Crippen LogP contribution in [0.15, 0.2) is 18.2 Å². The molecule has 1 aromatic carbocycles. The lowest BCUT2D eigenvalue weighted by Gasteiger charge is -2.30. The first kappa shape index (κ1) is 14.9. The van der Waals surface area contributed by atoms with Gasteiger partial charge in [-0.25, -0.2) is 0 Å². The van der Waals surface area contributed by atoms with Crippen molar-refractivity contribution in [2.45, 2.75) is 64.3 Å². The van der Waals surface area contributed by atoms with Crippen LogP contribution < -0.4 is 10.1 Å². The highest BCUT2D eigenvalue weighted by atomic mass is 16.5. The van der Waals surface area contributed by atoms with Gasteiger partial charge in [-0.2, -0.15) is 0 Å². The number of fused-ring (bicyclic) bond motifs is 1. The molecule has 0 aromatic heterocycles. The molecule has 2 heteroatoms. The molecule has 1 atom stereocenters. The van der Waals surface area contributed by atoms with Crippen molar-refractivity contribution < 1.29 is 4.74 Å². The lowest BCUT2D eigenvalue weighted by atomic mass is 9.80. The second-order valence-corrected chi connectivity index (χ2v) is 6.76. The summed E-state index contributed by atoms with van der Waals surface area (Å²) in [4.78, 5) is 0. The number of aryl methyl sites for hydroxylation is 1. The first-order chi connectivity index (χ1) is 10.3. The Hall–Kier alpha value is -1.02. The summed E-state index contributed by atoms with van der Waals surface area (Å²) in [5.74, 6) is 2.10.